The van der Waals surface area contributed by atoms with Crippen molar-refractivity contribution in [3.05, 3.63) is 0 Å². The number of rotatable bonds is 12. The molecule has 0 aliphatic heterocycles. The van der Waals surface area contributed by atoms with Crippen LogP contribution in [0.25, 0.3) is 0 Å². The standard InChI is InChI=1S/C16H36O8Si5.6CH4.8Rb/c1-13(2,3)17-25-21-29(22-26-18-14(4,5)6,23-27-19-15(7,8)9)24-28-20-16(10,11)12;;;;;;;;;;;;;;/h1-12H3;6*1H4;;;;;;;;/q-4;;;;;;;8*+1. The summed E-state index contributed by atoms with van der Waals surface area (Å²) in [5.41, 5.74) is -1.51. The Balaban J connectivity index is -0.0000000431. The van der Waals surface area contributed by atoms with E-state index < -0.39 is 9.05 Å². The molecule has 0 aliphatic rings. The third kappa shape index (κ3) is 78.2. The average molecular weight is 1280 g/mol. The van der Waals surface area contributed by atoms with Crippen LogP contribution in [0.1, 0.15) is 128 Å². The summed E-state index contributed by atoms with van der Waals surface area (Å²) < 4.78 is 46.5. The molecule has 0 fully saturated rings. The van der Waals surface area contributed by atoms with Gasteiger partial charge in [0.1, 0.15) is 0 Å². The Kier molecular flexibility index (Phi) is 131. The van der Waals surface area contributed by atoms with Gasteiger partial charge < -0.3 is 34.2 Å². The Morgan fingerprint density at radius 1 is 0.302 bits per heavy atom. The SMILES string of the molecule is C.C.C.C.C.C.CC(C)(C)O[Si-]O[Si](O[Si-]OC(C)(C)C)(O[Si-]OC(C)(C)C)O[Si-]OC(C)(C)C.[Rb+].[Rb+].[Rb+].[Rb+].[Rb+].[Rb+].[Rb+].[Rb+]. The minimum absolute atomic E-state index is 0. The third-order valence-electron chi connectivity index (χ3n) is 2.06. The molecule has 0 atom stereocenters. The summed E-state index contributed by atoms with van der Waals surface area (Å²) in [6, 6.07) is 0. The summed E-state index contributed by atoms with van der Waals surface area (Å²) in [6.07, 6.45) is 0. The van der Waals surface area contributed by atoms with E-state index in [4.69, 9.17) is 34.2 Å². The summed E-state index contributed by atoms with van der Waals surface area (Å²) in [6.45, 7) is 23.3. The second kappa shape index (κ2) is 55.2. The Hall–Kier alpha value is 15.2. The van der Waals surface area contributed by atoms with Crippen molar-refractivity contribution >= 4 is 49.1 Å². The fraction of sp³-hybridized carbons (Fsp3) is 1.00. The summed E-state index contributed by atoms with van der Waals surface area (Å²) in [5, 5.41) is 0. The molecule has 4 radical (unpaired) electrons. The van der Waals surface area contributed by atoms with E-state index in [9.17, 15) is 0 Å². The second-order valence-electron chi connectivity index (χ2n) is 10.1. The van der Waals surface area contributed by atoms with Crippen LogP contribution in [0.2, 0.25) is 0 Å². The van der Waals surface area contributed by atoms with Crippen molar-refractivity contribution < 1.29 is 500 Å². The molecule has 0 spiro atoms. The molecule has 0 heterocycles. The van der Waals surface area contributed by atoms with Crippen molar-refractivity contribution in [1.29, 1.82) is 0 Å². The second-order valence-corrected chi connectivity index (χ2v) is 15.8. The first kappa shape index (κ1) is 102. The summed E-state index contributed by atoms with van der Waals surface area (Å²) in [7, 11) is -5.00. The van der Waals surface area contributed by atoms with E-state index in [0.29, 0.717) is 0 Å². The molecule has 8 nitrogen and oxygen atoms in total. The van der Waals surface area contributed by atoms with Gasteiger partial charge in [-0.05, 0) is 83.1 Å². The molecular formula is C22H60O8Rb8Si5+4. The van der Waals surface area contributed by atoms with E-state index in [-0.39, 0.29) is 572 Å². The van der Waals surface area contributed by atoms with Gasteiger partial charge in [-0.25, -0.2) is 0 Å². The van der Waals surface area contributed by atoms with Gasteiger partial charge >= 0.3 is 475 Å². The predicted molar refractivity (Wildman–Crippen MR) is 157 cm³/mol. The van der Waals surface area contributed by atoms with Crippen LogP contribution in [0.15, 0.2) is 0 Å². The number of hydrogen-bond donors (Lipinski definition) is 0. The molecular weight excluding hydrogens is 1220 g/mol. The molecule has 0 aromatic rings. The van der Waals surface area contributed by atoms with Crippen LogP contribution in [0.3, 0.4) is 0 Å². The van der Waals surface area contributed by atoms with Gasteiger partial charge in [-0.2, -0.15) is 0 Å². The van der Waals surface area contributed by atoms with E-state index in [2.05, 4.69) is 0 Å². The Morgan fingerprint density at radius 3 is 0.512 bits per heavy atom. The van der Waals surface area contributed by atoms with Gasteiger partial charge in [0.25, 0.3) is 0 Å². The molecule has 43 heavy (non-hydrogen) atoms. The molecule has 0 aromatic heterocycles. The molecule has 0 bridgehead atoms. The first-order chi connectivity index (χ1) is 12.8. The zero-order chi connectivity index (χ0) is 23.0. The number of hydrogen-bond acceptors (Lipinski definition) is 8. The molecule has 0 saturated carbocycles. The van der Waals surface area contributed by atoms with Gasteiger partial charge in [-0.1, -0.05) is 44.6 Å². The van der Waals surface area contributed by atoms with Crippen LogP contribution in [0.4, 0.5) is 0 Å². The minimum Gasteiger partial charge on any atom is -0.584 e. The molecule has 0 N–H and O–H groups in total. The summed E-state index contributed by atoms with van der Waals surface area (Å²) in [4.78, 5) is 0. The molecule has 0 unspecified atom stereocenters. The van der Waals surface area contributed by atoms with Gasteiger partial charge in [0.2, 0.25) is 0 Å². The zero-order valence-electron chi connectivity index (χ0n) is 27.8. The fourth-order valence-electron chi connectivity index (χ4n) is 0.912. The van der Waals surface area contributed by atoms with Crippen LogP contribution in [-0.2, 0) is 34.2 Å². The predicted octanol–water partition coefficient (Wildman–Crippen LogP) is -17.3. The van der Waals surface area contributed by atoms with Crippen LogP contribution < -0.4 is 465 Å². The van der Waals surface area contributed by atoms with Gasteiger partial charge in [0, 0.05) is 22.4 Å². The van der Waals surface area contributed by atoms with E-state index >= 15 is 0 Å². The van der Waals surface area contributed by atoms with Crippen molar-refractivity contribution in [2.75, 3.05) is 0 Å². The smallest absolute Gasteiger partial charge is 0.584 e. The summed E-state index contributed by atoms with van der Waals surface area (Å²) in [5.74, 6) is 0. The van der Waals surface area contributed by atoms with Gasteiger partial charge in [0.15, 0.2) is 0 Å². The largest absolute Gasteiger partial charge is 1.00 e. The van der Waals surface area contributed by atoms with Gasteiger partial charge in [0.05, 0.1) is 0 Å². The maximum atomic E-state index is 5.91. The topological polar surface area (TPSA) is 73.8 Å². The molecule has 0 saturated heterocycles. The van der Waals surface area contributed by atoms with Crippen molar-refractivity contribution in [3.63, 3.8) is 0 Å². The normalized spacial score (nSPS) is 9.77. The van der Waals surface area contributed by atoms with Crippen molar-refractivity contribution in [2.24, 2.45) is 0 Å². The van der Waals surface area contributed by atoms with Crippen LogP contribution in [-0.4, -0.2) is 71.5 Å². The first-order valence-corrected chi connectivity index (χ1v) is 14.2. The molecule has 0 rings (SSSR count). The third-order valence-corrected chi connectivity index (χ3v) is 10.2. The summed E-state index contributed by atoms with van der Waals surface area (Å²) >= 11 is 0. The van der Waals surface area contributed by atoms with Crippen molar-refractivity contribution in [2.45, 2.75) is 150 Å². The van der Waals surface area contributed by atoms with E-state index in [0.717, 1.165) is 0 Å². The van der Waals surface area contributed by atoms with Crippen LogP contribution in [0, 0.1) is 0 Å². The molecule has 220 valence electrons. The Labute approximate surface area is 675 Å². The van der Waals surface area contributed by atoms with Crippen molar-refractivity contribution in [3.8, 4) is 0 Å². The van der Waals surface area contributed by atoms with Gasteiger partial charge in [-0.3, -0.25) is 0 Å². The monoisotopic (exact) mass is 1270 g/mol. The van der Waals surface area contributed by atoms with E-state index in [1.165, 1.54) is 0 Å². The van der Waals surface area contributed by atoms with Crippen molar-refractivity contribution in [1.82, 2.24) is 0 Å². The van der Waals surface area contributed by atoms with E-state index in [1.807, 2.05) is 83.1 Å². The average Bonchev–Trinajstić information content (AvgIpc) is 2.41. The minimum atomic E-state index is -3.65. The maximum Gasteiger partial charge on any atom is 1.00 e. The Morgan fingerprint density at radius 2 is 0.419 bits per heavy atom. The van der Waals surface area contributed by atoms with Gasteiger partial charge in [-0.15, -0.1) is 40.0 Å². The first-order valence-electron chi connectivity index (χ1n) is 9.27. The quantitative estimate of drug-likeness (QED) is 0.179. The molecule has 0 aromatic carbocycles. The molecule has 21 heteroatoms. The van der Waals surface area contributed by atoms with Crippen LogP contribution in [0.5, 0.6) is 0 Å². The van der Waals surface area contributed by atoms with E-state index in [1.54, 1.807) is 0 Å². The maximum absolute atomic E-state index is 5.91. The van der Waals surface area contributed by atoms with Crippen LogP contribution >= 0.6 is 0 Å². The molecule has 0 amide bonds. The Bertz CT molecular complexity index is 403. The molecule has 0 aliphatic carbocycles. The fourth-order valence-corrected chi connectivity index (χ4v) is 7.46. The zero-order valence-corrected chi connectivity index (χ0v) is 72.1.